The smallest absolute Gasteiger partial charge is 0.416 e. The lowest BCUT2D eigenvalue weighted by Gasteiger charge is -2.43. The Balaban J connectivity index is 1.61. The molecule has 0 radical (unpaired) electrons. The molecule has 2 aliphatic rings. The number of amides is 1. The van der Waals surface area contributed by atoms with Crippen LogP contribution in [0.15, 0.2) is 42.7 Å². The van der Waals surface area contributed by atoms with E-state index in [0.717, 1.165) is 0 Å². The van der Waals surface area contributed by atoms with Crippen LogP contribution in [0.1, 0.15) is 61.0 Å². The summed E-state index contributed by atoms with van der Waals surface area (Å²) in [5.74, 6) is -0.924. The summed E-state index contributed by atoms with van der Waals surface area (Å²) in [6.07, 6.45) is -7.55. The summed E-state index contributed by atoms with van der Waals surface area (Å²) < 4.78 is 99.6. The zero-order chi connectivity index (χ0) is 36.9. The number of methoxy groups -OCH3 is 1. The minimum absolute atomic E-state index is 0.00176. The van der Waals surface area contributed by atoms with Gasteiger partial charge in [0.2, 0.25) is 11.8 Å². The van der Waals surface area contributed by atoms with Gasteiger partial charge >= 0.3 is 24.4 Å². The van der Waals surface area contributed by atoms with E-state index in [9.17, 15) is 35.9 Å². The van der Waals surface area contributed by atoms with Gasteiger partial charge in [0.15, 0.2) is 0 Å². The monoisotopic (exact) mass is 726 g/mol. The molecule has 5 rings (SSSR count). The van der Waals surface area contributed by atoms with Crippen molar-refractivity contribution in [1.82, 2.24) is 15.0 Å². The molecule has 0 saturated carbocycles. The van der Waals surface area contributed by atoms with E-state index in [4.69, 9.17) is 19.3 Å². The number of anilines is 3. The zero-order valence-corrected chi connectivity index (χ0v) is 27.7. The van der Waals surface area contributed by atoms with Crippen molar-refractivity contribution in [2.24, 2.45) is 0 Å². The highest BCUT2D eigenvalue weighted by Crippen LogP contribution is 2.44. The van der Waals surface area contributed by atoms with Gasteiger partial charge in [0.05, 0.1) is 73.6 Å². The minimum Gasteiger partial charge on any atom is -0.481 e. The molecule has 51 heavy (non-hydrogen) atoms. The maximum absolute atomic E-state index is 13.9. The van der Waals surface area contributed by atoms with Gasteiger partial charge in [-0.1, -0.05) is 6.92 Å². The maximum Gasteiger partial charge on any atom is 0.416 e. The Morgan fingerprint density at radius 2 is 1.67 bits per heavy atom. The summed E-state index contributed by atoms with van der Waals surface area (Å²) in [6.45, 7) is 3.22. The summed E-state index contributed by atoms with van der Waals surface area (Å²) in [5.41, 5.74) is -2.13. The standard InChI is InChI=1S/C33H36F6N6O6/c1-3-23-16-26(29-25(6-7-27(42-29)49-2)45(23)31(48)51-10-4-5-28(46)47)44(30-40-17-24(18-41-30)43-8-11-50-12-9-43)19-20-13-21(32(34,35)36)15-22(14-20)33(37,38)39/h6-7,13-15,17-18,23,26H,3-5,8-12,16,19H2,1-2H3,(H,46,47)/t23-,26+/m1/s1. The number of carboxylic acid groups (broad SMARTS) is 1. The molecule has 2 aliphatic heterocycles. The van der Waals surface area contributed by atoms with E-state index in [2.05, 4.69) is 15.0 Å². The number of carboxylic acids is 1. The number of pyridine rings is 1. The fourth-order valence-corrected chi connectivity index (χ4v) is 6.08. The van der Waals surface area contributed by atoms with E-state index in [-0.39, 0.29) is 60.7 Å². The van der Waals surface area contributed by atoms with E-state index in [1.165, 1.54) is 35.4 Å². The molecule has 1 N–H and O–H groups in total. The van der Waals surface area contributed by atoms with Crippen LogP contribution < -0.4 is 19.4 Å². The Kier molecular flexibility index (Phi) is 11.4. The van der Waals surface area contributed by atoms with Crippen molar-refractivity contribution in [1.29, 1.82) is 0 Å². The molecule has 4 heterocycles. The van der Waals surface area contributed by atoms with Gasteiger partial charge in [-0.2, -0.15) is 26.3 Å². The molecule has 0 bridgehead atoms. The van der Waals surface area contributed by atoms with Gasteiger partial charge in [0.25, 0.3) is 0 Å². The van der Waals surface area contributed by atoms with Gasteiger partial charge in [-0.25, -0.2) is 19.7 Å². The van der Waals surface area contributed by atoms with Gasteiger partial charge in [0, 0.05) is 38.2 Å². The molecular formula is C33H36F6N6O6. The molecule has 0 aliphatic carbocycles. The predicted molar refractivity (Wildman–Crippen MR) is 171 cm³/mol. The number of ether oxygens (including phenoxy) is 3. The second kappa shape index (κ2) is 15.6. The molecule has 3 aromatic rings. The lowest BCUT2D eigenvalue weighted by atomic mass is 9.92. The predicted octanol–water partition coefficient (Wildman–Crippen LogP) is 6.49. The number of hydrogen-bond acceptors (Lipinski definition) is 10. The minimum atomic E-state index is -5.07. The number of carbonyl (C=O) groups excluding carboxylic acids is 1. The average molecular weight is 727 g/mol. The van der Waals surface area contributed by atoms with Crippen LogP contribution in [0.5, 0.6) is 5.88 Å². The Bertz CT molecular complexity index is 1650. The first-order valence-corrected chi connectivity index (χ1v) is 16.1. The summed E-state index contributed by atoms with van der Waals surface area (Å²) >= 11 is 0. The third kappa shape index (κ3) is 8.90. The van der Waals surface area contributed by atoms with E-state index < -0.39 is 54.2 Å². The molecule has 1 saturated heterocycles. The fraction of sp³-hybridized carbons (Fsp3) is 0.485. The first-order chi connectivity index (χ1) is 24.2. The number of aromatic nitrogens is 3. The summed E-state index contributed by atoms with van der Waals surface area (Å²) in [4.78, 5) is 42.9. The first-order valence-electron chi connectivity index (χ1n) is 16.1. The summed E-state index contributed by atoms with van der Waals surface area (Å²) in [6, 6.07) is 2.97. The van der Waals surface area contributed by atoms with Gasteiger partial charge in [-0.3, -0.25) is 9.69 Å². The summed E-state index contributed by atoms with van der Waals surface area (Å²) in [5, 5.41) is 8.95. The van der Waals surface area contributed by atoms with Crippen LogP contribution in [0.25, 0.3) is 0 Å². The Morgan fingerprint density at radius 1 is 1.02 bits per heavy atom. The van der Waals surface area contributed by atoms with Crippen molar-refractivity contribution in [3.8, 4) is 5.88 Å². The van der Waals surface area contributed by atoms with E-state index in [1.54, 1.807) is 13.0 Å². The lowest BCUT2D eigenvalue weighted by molar-refractivity contribution is -0.143. The molecule has 1 fully saturated rings. The fourth-order valence-electron chi connectivity index (χ4n) is 6.08. The maximum atomic E-state index is 13.9. The molecule has 276 valence electrons. The number of morpholine rings is 1. The Hall–Kier alpha value is -4.87. The number of carbonyl (C=O) groups is 2. The number of benzene rings is 1. The molecular weight excluding hydrogens is 690 g/mol. The highest BCUT2D eigenvalue weighted by molar-refractivity contribution is 5.90. The molecule has 2 atom stereocenters. The van der Waals surface area contributed by atoms with Crippen LogP contribution in [-0.2, 0) is 33.2 Å². The van der Waals surface area contributed by atoms with Gasteiger partial charge in [0.1, 0.15) is 0 Å². The number of nitrogens with zero attached hydrogens (tertiary/aromatic N) is 6. The number of aliphatic carboxylic acids is 1. The summed E-state index contributed by atoms with van der Waals surface area (Å²) in [7, 11) is 1.36. The molecule has 0 spiro atoms. The quantitative estimate of drug-likeness (QED) is 0.172. The Labute approximate surface area is 288 Å². The van der Waals surface area contributed by atoms with Crippen LogP contribution in [0.4, 0.5) is 48.5 Å². The zero-order valence-electron chi connectivity index (χ0n) is 27.7. The number of halogens is 6. The molecule has 1 aromatic carbocycles. The second-order valence-electron chi connectivity index (χ2n) is 11.9. The van der Waals surface area contributed by atoms with E-state index in [1.807, 2.05) is 4.90 Å². The number of rotatable bonds is 11. The Morgan fingerprint density at radius 3 is 2.24 bits per heavy atom. The SMILES string of the molecule is CC[C@@H]1C[C@H](N(Cc2cc(C(F)(F)F)cc(C(F)(F)F)c2)c2ncc(N3CCOCC3)cn2)c2nc(OC)ccc2N1C(=O)OCCCC(=O)O. The second-order valence-corrected chi connectivity index (χ2v) is 11.9. The van der Waals surface area contributed by atoms with Crippen molar-refractivity contribution >= 4 is 29.4 Å². The largest absolute Gasteiger partial charge is 0.481 e. The topological polar surface area (TPSA) is 130 Å². The first kappa shape index (κ1) is 37.4. The number of alkyl halides is 6. The van der Waals surface area contributed by atoms with Crippen molar-refractivity contribution < 1.29 is 55.2 Å². The normalized spacial score (nSPS) is 17.9. The highest BCUT2D eigenvalue weighted by Gasteiger charge is 2.42. The number of hydrogen-bond donors (Lipinski definition) is 1. The van der Waals surface area contributed by atoms with Crippen molar-refractivity contribution in [3.63, 3.8) is 0 Å². The van der Waals surface area contributed by atoms with Crippen LogP contribution >= 0.6 is 0 Å². The molecule has 1 amide bonds. The lowest BCUT2D eigenvalue weighted by Crippen LogP contribution is -2.48. The van der Waals surface area contributed by atoms with E-state index in [0.29, 0.717) is 50.5 Å². The van der Waals surface area contributed by atoms with Crippen LogP contribution in [0.3, 0.4) is 0 Å². The van der Waals surface area contributed by atoms with Crippen LogP contribution in [0.2, 0.25) is 0 Å². The van der Waals surface area contributed by atoms with Crippen molar-refractivity contribution in [2.45, 2.75) is 63.6 Å². The molecule has 0 unspecified atom stereocenters. The van der Waals surface area contributed by atoms with Crippen molar-refractivity contribution in [2.75, 3.05) is 54.7 Å². The third-order valence-corrected chi connectivity index (χ3v) is 8.58. The highest BCUT2D eigenvalue weighted by atomic mass is 19.4. The average Bonchev–Trinajstić information content (AvgIpc) is 3.11. The van der Waals surface area contributed by atoms with E-state index >= 15 is 0 Å². The number of fused-ring (bicyclic) bond motifs is 1. The van der Waals surface area contributed by atoms with Gasteiger partial charge in [-0.05, 0) is 49.1 Å². The molecule has 2 aromatic heterocycles. The molecule has 12 nitrogen and oxygen atoms in total. The van der Waals surface area contributed by atoms with Crippen molar-refractivity contribution in [3.05, 3.63) is 65.1 Å². The molecule has 18 heteroatoms. The van der Waals surface area contributed by atoms with Crippen LogP contribution in [-0.4, -0.2) is 78.2 Å². The van der Waals surface area contributed by atoms with Gasteiger partial charge < -0.3 is 29.1 Å². The van der Waals surface area contributed by atoms with Crippen LogP contribution in [0, 0.1) is 0 Å². The third-order valence-electron chi connectivity index (χ3n) is 8.58. The van der Waals surface area contributed by atoms with Gasteiger partial charge in [-0.15, -0.1) is 0 Å².